The third-order valence-corrected chi connectivity index (χ3v) is 7.42. The molecule has 1 atom stereocenters. The Morgan fingerprint density at radius 3 is 2.20 bits per heavy atom. The van der Waals surface area contributed by atoms with Gasteiger partial charge in [0.2, 0.25) is 21.9 Å². The predicted octanol–water partition coefficient (Wildman–Crippen LogP) is 3.15. The van der Waals surface area contributed by atoms with Crippen LogP contribution in [0.25, 0.3) is 0 Å². The molecule has 0 amide bonds. The second-order valence-electron chi connectivity index (χ2n) is 8.46. The molecular weight excluding hydrogens is 468 g/mol. The van der Waals surface area contributed by atoms with Crippen molar-refractivity contribution >= 4 is 33.6 Å². The molecule has 0 aliphatic heterocycles. The van der Waals surface area contributed by atoms with Crippen LogP contribution in [0.3, 0.4) is 0 Å². The number of hydrogen-bond donors (Lipinski definition) is 3. The monoisotopic (exact) mass is 498 g/mol. The SMILES string of the molecule is Cc1ccc(Nc2nc(N)nc(COC(=O)[C@H](C)NS(=O)(=O)c3c(C)c(C)cc(C)c3C)n2)cc1. The fraction of sp³-hybridized carbons (Fsp3) is 0.333. The Bertz CT molecular complexity index is 1330. The number of nitrogens with one attached hydrogen (secondary N) is 2. The summed E-state index contributed by atoms with van der Waals surface area (Å²) in [6, 6.07) is 8.38. The lowest BCUT2D eigenvalue weighted by Gasteiger charge is -2.18. The number of rotatable bonds is 8. The van der Waals surface area contributed by atoms with Crippen LogP contribution in [0.4, 0.5) is 17.6 Å². The third-order valence-electron chi connectivity index (χ3n) is 5.60. The summed E-state index contributed by atoms with van der Waals surface area (Å²) in [5, 5.41) is 3.02. The van der Waals surface area contributed by atoms with E-state index in [0.717, 1.165) is 22.4 Å². The zero-order valence-electron chi connectivity index (χ0n) is 20.6. The molecule has 186 valence electrons. The van der Waals surface area contributed by atoms with Gasteiger partial charge in [0.1, 0.15) is 6.04 Å². The molecule has 1 aromatic heterocycles. The van der Waals surface area contributed by atoms with E-state index in [-0.39, 0.29) is 29.2 Å². The van der Waals surface area contributed by atoms with Crippen molar-refractivity contribution in [2.75, 3.05) is 11.1 Å². The van der Waals surface area contributed by atoms with Gasteiger partial charge in [-0.05, 0) is 75.9 Å². The first-order chi connectivity index (χ1) is 16.4. The minimum absolute atomic E-state index is 0.0461. The highest BCUT2D eigenvalue weighted by molar-refractivity contribution is 7.89. The molecule has 35 heavy (non-hydrogen) atoms. The number of anilines is 3. The maximum absolute atomic E-state index is 13.1. The first-order valence-electron chi connectivity index (χ1n) is 11.0. The summed E-state index contributed by atoms with van der Waals surface area (Å²) in [5.74, 6) is -0.506. The van der Waals surface area contributed by atoms with Gasteiger partial charge in [-0.1, -0.05) is 23.8 Å². The first kappa shape index (κ1) is 26.0. The van der Waals surface area contributed by atoms with Gasteiger partial charge in [0.05, 0.1) is 4.90 Å². The number of sulfonamides is 1. The standard InChI is InChI=1S/C24H30N6O4S/c1-13-7-9-19(10-8-13)26-24-28-20(27-23(25)29-24)12-34-22(31)18(6)30-35(32,33)21-16(4)14(2)11-15(3)17(21)5/h7-11,18,30H,12H2,1-6H3,(H3,25,26,27,28,29)/t18-/m0/s1. The second-order valence-corrected chi connectivity index (χ2v) is 10.1. The molecule has 0 fully saturated rings. The van der Waals surface area contributed by atoms with Gasteiger partial charge < -0.3 is 15.8 Å². The van der Waals surface area contributed by atoms with Gasteiger partial charge in [-0.3, -0.25) is 4.79 Å². The molecule has 3 rings (SSSR count). The molecule has 0 saturated heterocycles. The van der Waals surface area contributed by atoms with Crippen LogP contribution >= 0.6 is 0 Å². The number of esters is 1. The molecule has 1 heterocycles. The van der Waals surface area contributed by atoms with Gasteiger partial charge in [0, 0.05) is 5.69 Å². The highest BCUT2D eigenvalue weighted by Crippen LogP contribution is 2.26. The molecular formula is C24H30N6O4S. The number of ether oxygens (including phenoxy) is 1. The van der Waals surface area contributed by atoms with Crippen LogP contribution in [0, 0.1) is 34.6 Å². The van der Waals surface area contributed by atoms with Crippen LogP contribution in [0.5, 0.6) is 0 Å². The van der Waals surface area contributed by atoms with E-state index in [1.807, 2.05) is 51.1 Å². The van der Waals surface area contributed by atoms with Crippen LogP contribution in [0.1, 0.15) is 40.6 Å². The van der Waals surface area contributed by atoms with Crippen LogP contribution in [-0.4, -0.2) is 35.4 Å². The van der Waals surface area contributed by atoms with Gasteiger partial charge in [0.25, 0.3) is 0 Å². The lowest BCUT2D eigenvalue weighted by atomic mass is 10.0. The molecule has 3 aromatic rings. The minimum atomic E-state index is -3.97. The van der Waals surface area contributed by atoms with Crippen LogP contribution in [-0.2, 0) is 26.2 Å². The van der Waals surface area contributed by atoms with Gasteiger partial charge in [-0.2, -0.15) is 19.7 Å². The van der Waals surface area contributed by atoms with E-state index in [9.17, 15) is 13.2 Å². The summed E-state index contributed by atoms with van der Waals surface area (Å²) in [6.07, 6.45) is 0. The molecule has 0 bridgehead atoms. The quantitative estimate of drug-likeness (QED) is 0.398. The largest absolute Gasteiger partial charge is 0.456 e. The topological polar surface area (TPSA) is 149 Å². The van der Waals surface area contributed by atoms with Crippen LogP contribution in [0.2, 0.25) is 0 Å². The third kappa shape index (κ3) is 6.31. The summed E-state index contributed by atoms with van der Waals surface area (Å²) in [4.78, 5) is 25.0. The van der Waals surface area contributed by atoms with Crippen molar-refractivity contribution in [3.63, 3.8) is 0 Å². The Labute approximate surface area is 205 Å². The van der Waals surface area contributed by atoms with E-state index in [2.05, 4.69) is 25.0 Å². The average Bonchev–Trinajstić information content (AvgIpc) is 2.77. The lowest BCUT2D eigenvalue weighted by molar-refractivity contribution is -0.146. The summed E-state index contributed by atoms with van der Waals surface area (Å²) in [5.41, 5.74) is 10.6. The van der Waals surface area contributed by atoms with E-state index >= 15 is 0 Å². The van der Waals surface area contributed by atoms with Gasteiger partial charge >= 0.3 is 5.97 Å². The fourth-order valence-electron chi connectivity index (χ4n) is 3.51. The van der Waals surface area contributed by atoms with E-state index in [1.165, 1.54) is 6.92 Å². The van der Waals surface area contributed by atoms with E-state index in [4.69, 9.17) is 10.5 Å². The summed E-state index contributed by atoms with van der Waals surface area (Å²) < 4.78 is 33.8. The Kier molecular flexibility index (Phi) is 7.71. The molecule has 0 aliphatic carbocycles. The van der Waals surface area contributed by atoms with Crippen molar-refractivity contribution in [3.8, 4) is 0 Å². The number of carbonyl (C=O) groups is 1. The molecule has 4 N–H and O–H groups in total. The number of nitrogens with zero attached hydrogens (tertiary/aromatic N) is 3. The number of hydrogen-bond acceptors (Lipinski definition) is 9. The number of carbonyl (C=O) groups excluding carboxylic acids is 1. The fourth-order valence-corrected chi connectivity index (χ4v) is 5.32. The zero-order chi connectivity index (χ0) is 25.9. The average molecular weight is 499 g/mol. The maximum atomic E-state index is 13.1. The van der Waals surface area contributed by atoms with Crippen LogP contribution < -0.4 is 15.8 Å². The molecule has 10 nitrogen and oxygen atoms in total. The Balaban J connectivity index is 1.69. The van der Waals surface area contributed by atoms with Crippen molar-refractivity contribution < 1.29 is 17.9 Å². The number of nitrogen functional groups attached to an aromatic ring is 1. The summed E-state index contributed by atoms with van der Waals surface area (Å²) in [7, 11) is -3.97. The maximum Gasteiger partial charge on any atom is 0.324 e. The van der Waals surface area contributed by atoms with Crippen LogP contribution in [0.15, 0.2) is 35.2 Å². The molecule has 11 heteroatoms. The molecule has 0 radical (unpaired) electrons. The minimum Gasteiger partial charge on any atom is -0.456 e. The Hall–Kier alpha value is -3.57. The van der Waals surface area contributed by atoms with Gasteiger partial charge in [-0.15, -0.1) is 0 Å². The van der Waals surface area contributed by atoms with Crippen molar-refractivity contribution in [1.29, 1.82) is 0 Å². The predicted molar refractivity (Wildman–Crippen MR) is 134 cm³/mol. The summed E-state index contributed by atoms with van der Waals surface area (Å²) >= 11 is 0. The molecule has 0 spiro atoms. The Morgan fingerprint density at radius 2 is 1.60 bits per heavy atom. The number of aromatic nitrogens is 3. The smallest absolute Gasteiger partial charge is 0.324 e. The van der Waals surface area contributed by atoms with Gasteiger partial charge in [0.15, 0.2) is 12.4 Å². The highest BCUT2D eigenvalue weighted by Gasteiger charge is 2.27. The first-order valence-corrected chi connectivity index (χ1v) is 12.5. The number of benzene rings is 2. The zero-order valence-corrected chi connectivity index (χ0v) is 21.4. The van der Waals surface area contributed by atoms with Crippen molar-refractivity contribution in [1.82, 2.24) is 19.7 Å². The van der Waals surface area contributed by atoms with Crippen molar-refractivity contribution in [2.24, 2.45) is 0 Å². The van der Waals surface area contributed by atoms with E-state index < -0.39 is 22.0 Å². The second kappa shape index (κ2) is 10.4. The number of aryl methyl sites for hydroxylation is 3. The van der Waals surface area contributed by atoms with E-state index in [0.29, 0.717) is 11.1 Å². The molecule has 0 unspecified atom stereocenters. The van der Waals surface area contributed by atoms with Crippen molar-refractivity contribution in [3.05, 3.63) is 64.0 Å². The Morgan fingerprint density at radius 1 is 1.00 bits per heavy atom. The highest BCUT2D eigenvalue weighted by atomic mass is 32.2. The molecule has 0 aliphatic rings. The number of nitrogens with two attached hydrogens (primary N) is 1. The van der Waals surface area contributed by atoms with Gasteiger partial charge in [-0.25, -0.2) is 8.42 Å². The lowest BCUT2D eigenvalue weighted by Crippen LogP contribution is -2.40. The molecule has 2 aromatic carbocycles. The normalized spacial score (nSPS) is 12.3. The molecule has 0 saturated carbocycles. The van der Waals surface area contributed by atoms with Crippen molar-refractivity contribution in [2.45, 2.75) is 59.1 Å². The summed E-state index contributed by atoms with van der Waals surface area (Å²) in [6.45, 7) is 10.3. The van der Waals surface area contributed by atoms with E-state index in [1.54, 1.807) is 13.8 Å².